The quantitative estimate of drug-likeness (QED) is 0.906. The highest BCUT2D eigenvalue weighted by Gasteiger charge is 2.49. The first-order valence-corrected chi connectivity index (χ1v) is 8.71. The van der Waals surface area contributed by atoms with Crippen LogP contribution in [0.15, 0.2) is 42.9 Å². The third-order valence-corrected chi connectivity index (χ3v) is 5.64. The first-order valence-electron chi connectivity index (χ1n) is 8.71. The van der Waals surface area contributed by atoms with Crippen LogP contribution in [-0.4, -0.2) is 44.9 Å². The minimum absolute atomic E-state index is 0.0598. The van der Waals surface area contributed by atoms with E-state index in [1.165, 1.54) is 0 Å². The Morgan fingerprint density at radius 2 is 2.08 bits per heavy atom. The molecule has 130 valence electrons. The topological polar surface area (TPSA) is 67.2 Å². The molecule has 2 fully saturated rings. The Kier molecular flexibility index (Phi) is 3.82. The molecule has 0 bridgehead atoms. The first kappa shape index (κ1) is 15.9. The zero-order chi connectivity index (χ0) is 17.4. The summed E-state index contributed by atoms with van der Waals surface area (Å²) in [5.41, 5.74) is 1.55. The normalized spacial score (nSPS) is 22.2. The van der Waals surface area contributed by atoms with Crippen LogP contribution in [0.2, 0.25) is 0 Å². The molecule has 1 atom stereocenters. The van der Waals surface area contributed by atoms with E-state index in [4.69, 9.17) is 0 Å². The maximum Gasteiger partial charge on any atom is 0.270 e. The lowest BCUT2D eigenvalue weighted by Gasteiger charge is -2.42. The van der Waals surface area contributed by atoms with Crippen LogP contribution in [-0.2, 0) is 11.8 Å². The fourth-order valence-corrected chi connectivity index (χ4v) is 4.24. The molecule has 4 heterocycles. The number of rotatable bonds is 2. The summed E-state index contributed by atoms with van der Waals surface area (Å²) in [4.78, 5) is 30.9. The number of nitrogens with one attached hydrogen (secondary N) is 1. The number of likely N-dealkylation sites (tertiary alicyclic amines) is 1. The van der Waals surface area contributed by atoms with Crippen LogP contribution in [0.3, 0.4) is 0 Å². The number of nitrogens with zero attached hydrogens (tertiary/aromatic N) is 3. The molecule has 2 aromatic rings. The molecule has 0 aromatic carbocycles. The van der Waals surface area contributed by atoms with Gasteiger partial charge < -0.3 is 14.8 Å². The molecule has 2 amide bonds. The molecule has 1 spiro atoms. The van der Waals surface area contributed by atoms with E-state index < -0.39 is 0 Å². The van der Waals surface area contributed by atoms with Gasteiger partial charge in [-0.05, 0) is 36.6 Å². The van der Waals surface area contributed by atoms with Crippen LogP contribution < -0.4 is 5.32 Å². The number of pyridine rings is 1. The van der Waals surface area contributed by atoms with Crippen molar-refractivity contribution in [3.63, 3.8) is 0 Å². The Labute approximate surface area is 146 Å². The highest BCUT2D eigenvalue weighted by atomic mass is 16.2. The molecule has 0 radical (unpaired) electrons. The van der Waals surface area contributed by atoms with Crippen molar-refractivity contribution < 1.29 is 9.59 Å². The second kappa shape index (κ2) is 6.02. The third kappa shape index (κ3) is 2.71. The molecule has 2 saturated heterocycles. The number of hydrogen-bond acceptors (Lipinski definition) is 3. The number of piperidine rings is 1. The van der Waals surface area contributed by atoms with Crippen molar-refractivity contribution in [3.05, 3.63) is 54.1 Å². The summed E-state index contributed by atoms with van der Waals surface area (Å²) in [6.45, 7) is 1.31. The van der Waals surface area contributed by atoms with Gasteiger partial charge in [0.25, 0.3) is 5.91 Å². The Morgan fingerprint density at radius 3 is 2.72 bits per heavy atom. The smallest absolute Gasteiger partial charge is 0.270 e. The number of amides is 2. The second-order valence-electron chi connectivity index (χ2n) is 7.04. The highest BCUT2D eigenvalue weighted by molar-refractivity contribution is 5.93. The summed E-state index contributed by atoms with van der Waals surface area (Å²) in [6, 6.07) is 7.69. The van der Waals surface area contributed by atoms with E-state index in [1.54, 1.807) is 6.20 Å². The van der Waals surface area contributed by atoms with Gasteiger partial charge in [0.1, 0.15) is 5.69 Å². The van der Waals surface area contributed by atoms with Crippen LogP contribution >= 0.6 is 0 Å². The van der Waals surface area contributed by atoms with Gasteiger partial charge >= 0.3 is 0 Å². The number of carbonyl (C=O) groups excluding carboxylic acids is 2. The maximum atomic E-state index is 12.7. The lowest BCUT2D eigenvalue weighted by Crippen LogP contribution is -2.54. The highest BCUT2D eigenvalue weighted by Crippen LogP contribution is 2.43. The largest absolute Gasteiger partial charge is 0.350 e. The zero-order valence-electron chi connectivity index (χ0n) is 14.3. The van der Waals surface area contributed by atoms with Crippen molar-refractivity contribution >= 4 is 11.8 Å². The van der Waals surface area contributed by atoms with Gasteiger partial charge in [0.15, 0.2) is 0 Å². The second-order valence-corrected chi connectivity index (χ2v) is 7.04. The third-order valence-electron chi connectivity index (χ3n) is 5.64. The Morgan fingerprint density at radius 1 is 1.28 bits per heavy atom. The molecule has 0 saturated carbocycles. The molecule has 6 heteroatoms. The molecule has 1 N–H and O–H groups in total. The maximum absolute atomic E-state index is 12.7. The molecule has 6 nitrogen and oxygen atoms in total. The van der Waals surface area contributed by atoms with Gasteiger partial charge in [-0.15, -0.1) is 0 Å². The van der Waals surface area contributed by atoms with Crippen molar-refractivity contribution in [1.82, 2.24) is 19.8 Å². The molecular formula is C19H22N4O2. The number of aryl methyl sites for hydroxylation is 1. The van der Waals surface area contributed by atoms with Crippen LogP contribution in [0.4, 0.5) is 0 Å². The van der Waals surface area contributed by atoms with E-state index in [1.807, 2.05) is 53.2 Å². The van der Waals surface area contributed by atoms with Crippen LogP contribution in [0.25, 0.3) is 0 Å². The monoisotopic (exact) mass is 338 g/mol. The molecule has 2 aliphatic rings. The van der Waals surface area contributed by atoms with Crippen LogP contribution in [0, 0.1) is 0 Å². The molecule has 25 heavy (non-hydrogen) atoms. The van der Waals surface area contributed by atoms with Gasteiger partial charge in [-0.1, -0.05) is 6.07 Å². The standard InChI is InChI=1S/C19H22N4O2/c1-22-9-3-5-16(22)18(25)23-10-6-19(7-11-23)15(12-17(24)21-19)14-4-2-8-20-13-14/h2-5,8-9,13,15H,6-7,10-12H2,1H3,(H,21,24)/t15-/m1/s1. The fourth-order valence-electron chi connectivity index (χ4n) is 4.24. The molecule has 2 aromatic heterocycles. The van der Waals surface area contributed by atoms with Crippen molar-refractivity contribution in [2.24, 2.45) is 7.05 Å². The van der Waals surface area contributed by atoms with Crippen LogP contribution in [0.1, 0.15) is 41.2 Å². The summed E-state index contributed by atoms with van der Waals surface area (Å²) in [7, 11) is 1.88. The first-order chi connectivity index (χ1) is 12.1. The van der Waals surface area contributed by atoms with Crippen molar-refractivity contribution in [1.29, 1.82) is 0 Å². The SMILES string of the molecule is Cn1cccc1C(=O)N1CCC2(CC1)NC(=O)C[C@@H]2c1cccnc1. The predicted molar refractivity (Wildman–Crippen MR) is 93.0 cm³/mol. The molecule has 0 aliphatic carbocycles. The average Bonchev–Trinajstić information content (AvgIpc) is 3.19. The summed E-state index contributed by atoms with van der Waals surface area (Å²) in [5.74, 6) is 0.279. The van der Waals surface area contributed by atoms with Gasteiger partial charge in [-0.25, -0.2) is 0 Å². The minimum atomic E-state index is -0.259. The lowest BCUT2D eigenvalue weighted by molar-refractivity contribution is -0.120. The van der Waals surface area contributed by atoms with E-state index in [0.717, 1.165) is 18.4 Å². The van der Waals surface area contributed by atoms with Crippen LogP contribution in [0.5, 0.6) is 0 Å². The van der Waals surface area contributed by atoms with E-state index in [2.05, 4.69) is 10.3 Å². The number of carbonyl (C=O) groups is 2. The van der Waals surface area contributed by atoms with Crippen molar-refractivity contribution in [2.75, 3.05) is 13.1 Å². The van der Waals surface area contributed by atoms with Gasteiger partial charge in [0, 0.05) is 51.1 Å². The molecule has 0 unspecified atom stereocenters. The zero-order valence-corrected chi connectivity index (χ0v) is 14.3. The summed E-state index contributed by atoms with van der Waals surface area (Å²) in [5, 5.41) is 3.21. The summed E-state index contributed by atoms with van der Waals surface area (Å²) in [6.07, 6.45) is 7.53. The van der Waals surface area contributed by atoms with E-state index in [0.29, 0.717) is 25.2 Å². The molecule has 4 rings (SSSR count). The van der Waals surface area contributed by atoms with E-state index >= 15 is 0 Å². The Bertz CT molecular complexity index is 791. The molecular weight excluding hydrogens is 316 g/mol. The van der Waals surface area contributed by atoms with E-state index in [9.17, 15) is 9.59 Å². The number of aromatic nitrogens is 2. The Balaban J connectivity index is 1.52. The molecule has 2 aliphatic heterocycles. The number of hydrogen-bond donors (Lipinski definition) is 1. The Hall–Kier alpha value is -2.63. The fraction of sp³-hybridized carbons (Fsp3) is 0.421. The summed E-state index contributed by atoms with van der Waals surface area (Å²) < 4.78 is 1.85. The van der Waals surface area contributed by atoms with Crippen molar-refractivity contribution in [3.8, 4) is 0 Å². The average molecular weight is 338 g/mol. The van der Waals surface area contributed by atoms with Gasteiger partial charge in [-0.2, -0.15) is 0 Å². The van der Waals surface area contributed by atoms with Crippen molar-refractivity contribution in [2.45, 2.75) is 30.7 Å². The lowest BCUT2D eigenvalue weighted by atomic mass is 9.74. The van der Waals surface area contributed by atoms with Gasteiger partial charge in [0.2, 0.25) is 5.91 Å². The van der Waals surface area contributed by atoms with E-state index in [-0.39, 0.29) is 23.3 Å². The van der Waals surface area contributed by atoms with Gasteiger partial charge in [-0.3, -0.25) is 14.6 Å². The predicted octanol–water partition coefficient (Wildman–Crippen LogP) is 1.70. The van der Waals surface area contributed by atoms with Gasteiger partial charge in [0.05, 0.1) is 5.54 Å². The summed E-state index contributed by atoms with van der Waals surface area (Å²) >= 11 is 0. The minimum Gasteiger partial charge on any atom is -0.350 e.